The number of nitrogens with one attached hydrogen (secondary N) is 1. The molecule has 160 valence electrons. The molecule has 0 aliphatic carbocycles. The molecule has 6 aromatic carbocycles. The Morgan fingerprint density at radius 3 is 2.00 bits per heavy atom. The van der Waals surface area contributed by atoms with Gasteiger partial charge in [-0.2, -0.15) is 0 Å². The molecular formula is C29H20N5+. The molecular weight excluding hydrogens is 418 g/mol. The van der Waals surface area contributed by atoms with Crippen LogP contribution in [0.5, 0.6) is 0 Å². The van der Waals surface area contributed by atoms with Crippen molar-refractivity contribution >= 4 is 44.0 Å². The van der Waals surface area contributed by atoms with E-state index in [4.69, 9.17) is 10.3 Å². The molecule has 34 heavy (non-hydrogen) atoms. The Labute approximate surface area is 195 Å². The number of rotatable bonds is 4. The summed E-state index contributed by atoms with van der Waals surface area (Å²) in [4.78, 5) is 1.66. The van der Waals surface area contributed by atoms with Crippen molar-refractivity contribution in [1.29, 1.82) is 0 Å². The van der Waals surface area contributed by atoms with Crippen LogP contribution < -0.4 is 10.00 Å². The summed E-state index contributed by atoms with van der Waals surface area (Å²) >= 11 is 0. The number of tetrazole rings is 1. The maximum Gasteiger partial charge on any atom is 0.408 e. The van der Waals surface area contributed by atoms with Crippen molar-refractivity contribution < 1.29 is 4.68 Å². The van der Waals surface area contributed by atoms with Crippen molar-refractivity contribution in [3.8, 4) is 11.4 Å². The average molecular weight is 439 g/mol. The molecule has 0 amide bonds. The lowest BCUT2D eigenvalue weighted by atomic mass is 9.93. The molecule has 0 saturated heterocycles. The molecule has 0 saturated carbocycles. The normalized spacial score (nSPS) is 11.5. The largest absolute Gasteiger partial charge is 0.408 e. The number of anilines is 2. The first-order chi connectivity index (χ1) is 16.8. The van der Waals surface area contributed by atoms with E-state index in [-0.39, 0.29) is 0 Å². The van der Waals surface area contributed by atoms with Crippen LogP contribution in [0.15, 0.2) is 115 Å². The molecule has 1 aromatic heterocycles. The first-order valence-electron chi connectivity index (χ1n) is 11.3. The van der Waals surface area contributed by atoms with Gasteiger partial charge < -0.3 is 0 Å². The van der Waals surface area contributed by atoms with Crippen LogP contribution in [0, 0.1) is 0 Å². The Morgan fingerprint density at radius 2 is 1.24 bits per heavy atom. The minimum Gasteiger partial charge on any atom is -0.258 e. The lowest BCUT2D eigenvalue weighted by Gasteiger charge is -2.12. The molecule has 1 N–H and O–H groups in total. The van der Waals surface area contributed by atoms with Crippen LogP contribution in [0.25, 0.3) is 43.7 Å². The zero-order valence-electron chi connectivity index (χ0n) is 18.3. The van der Waals surface area contributed by atoms with Gasteiger partial charge in [0.15, 0.2) is 0 Å². The summed E-state index contributed by atoms with van der Waals surface area (Å²) in [6, 6.07) is 39.6. The van der Waals surface area contributed by atoms with Gasteiger partial charge in [0.05, 0.1) is 10.8 Å². The minimum absolute atomic E-state index is 0.644. The van der Waals surface area contributed by atoms with Crippen LogP contribution >= 0.6 is 0 Å². The standard InChI is InChI=1S/C29H20N5/c1-3-10-23(11-4-1)33-29(31-34(32-33)24-12-5-2-6-13-24)30-26-19-17-22-15-14-20-8-7-9-21-16-18-25(26)28(22)27(20)21/h1-19H,(H,30,31,32)/q+1. The van der Waals surface area contributed by atoms with E-state index in [1.807, 2.05) is 65.3 Å². The lowest BCUT2D eigenvalue weighted by Crippen LogP contribution is -2.36. The highest BCUT2D eigenvalue weighted by molar-refractivity contribution is 6.25. The van der Waals surface area contributed by atoms with Crippen LogP contribution in [0.2, 0.25) is 0 Å². The first kappa shape index (κ1) is 18.8. The monoisotopic (exact) mass is 438 g/mol. The summed E-state index contributed by atoms with van der Waals surface area (Å²) in [7, 11) is 0. The van der Waals surface area contributed by atoms with Gasteiger partial charge in [-0.1, -0.05) is 89.6 Å². The van der Waals surface area contributed by atoms with Gasteiger partial charge in [-0.3, -0.25) is 5.32 Å². The SMILES string of the molecule is c1ccc(-n2nc(Nc3ccc4ccc5cccc6ccc3c4c56)[n+](-c3ccccc3)n2)cc1. The van der Waals surface area contributed by atoms with Crippen molar-refractivity contribution in [2.24, 2.45) is 0 Å². The fraction of sp³-hybridized carbons (Fsp3) is 0. The average Bonchev–Trinajstić information content (AvgIpc) is 3.33. The van der Waals surface area contributed by atoms with Crippen LogP contribution in [0.4, 0.5) is 11.6 Å². The Balaban J connectivity index is 1.43. The summed E-state index contributed by atoms with van der Waals surface area (Å²) in [6.45, 7) is 0. The third kappa shape index (κ3) is 2.91. The number of para-hydroxylation sites is 2. The summed E-state index contributed by atoms with van der Waals surface area (Å²) in [5.74, 6) is 0.644. The van der Waals surface area contributed by atoms with Gasteiger partial charge in [0.25, 0.3) is 0 Å². The second kappa shape index (κ2) is 7.39. The van der Waals surface area contributed by atoms with Gasteiger partial charge >= 0.3 is 5.95 Å². The maximum atomic E-state index is 4.82. The maximum absolute atomic E-state index is 4.82. The molecule has 5 nitrogen and oxygen atoms in total. The molecule has 0 bridgehead atoms. The fourth-order valence-electron chi connectivity index (χ4n) is 4.74. The minimum atomic E-state index is 0.644. The van der Waals surface area contributed by atoms with Crippen LogP contribution in [-0.4, -0.2) is 15.1 Å². The number of hydrogen-bond acceptors (Lipinski definition) is 3. The predicted octanol–water partition coefficient (Wildman–Crippen LogP) is 6.19. The fourth-order valence-corrected chi connectivity index (χ4v) is 4.74. The van der Waals surface area contributed by atoms with Gasteiger partial charge in [-0.25, -0.2) is 0 Å². The third-order valence-corrected chi connectivity index (χ3v) is 6.33. The second-order valence-corrected chi connectivity index (χ2v) is 8.38. The molecule has 0 spiro atoms. The lowest BCUT2D eigenvalue weighted by molar-refractivity contribution is -0.647. The molecule has 5 heteroatoms. The highest BCUT2D eigenvalue weighted by atomic mass is 15.6. The summed E-state index contributed by atoms with van der Waals surface area (Å²) in [5.41, 5.74) is 2.83. The summed E-state index contributed by atoms with van der Waals surface area (Å²) < 4.78 is 1.84. The summed E-state index contributed by atoms with van der Waals surface area (Å²) in [6.07, 6.45) is 0. The van der Waals surface area contributed by atoms with E-state index in [9.17, 15) is 0 Å². The number of nitrogens with zero attached hydrogens (tertiary/aromatic N) is 4. The number of aromatic nitrogens is 4. The quantitative estimate of drug-likeness (QED) is 0.263. The van der Waals surface area contributed by atoms with E-state index in [0.717, 1.165) is 22.4 Å². The van der Waals surface area contributed by atoms with Gasteiger partial charge in [0.2, 0.25) is 0 Å². The second-order valence-electron chi connectivity index (χ2n) is 8.38. The molecule has 0 radical (unpaired) electrons. The molecule has 0 atom stereocenters. The van der Waals surface area contributed by atoms with Crippen molar-refractivity contribution in [2.75, 3.05) is 5.32 Å². The van der Waals surface area contributed by atoms with E-state index in [2.05, 4.69) is 59.9 Å². The van der Waals surface area contributed by atoms with Crippen LogP contribution in [-0.2, 0) is 0 Å². The van der Waals surface area contributed by atoms with E-state index in [1.165, 1.54) is 26.9 Å². The van der Waals surface area contributed by atoms with Crippen molar-refractivity contribution in [3.63, 3.8) is 0 Å². The van der Waals surface area contributed by atoms with Gasteiger partial charge in [0, 0.05) is 16.0 Å². The molecule has 7 rings (SSSR count). The molecule has 7 aromatic rings. The van der Waals surface area contributed by atoms with E-state index in [1.54, 1.807) is 4.80 Å². The first-order valence-corrected chi connectivity index (χ1v) is 11.3. The van der Waals surface area contributed by atoms with Crippen LogP contribution in [0.3, 0.4) is 0 Å². The smallest absolute Gasteiger partial charge is 0.258 e. The Hall–Kier alpha value is -4.77. The van der Waals surface area contributed by atoms with E-state index < -0.39 is 0 Å². The van der Waals surface area contributed by atoms with Crippen molar-refractivity contribution in [3.05, 3.63) is 115 Å². The zero-order chi connectivity index (χ0) is 22.5. The Kier molecular flexibility index (Phi) is 4.08. The zero-order valence-corrected chi connectivity index (χ0v) is 18.3. The molecule has 0 unspecified atom stereocenters. The van der Waals surface area contributed by atoms with E-state index >= 15 is 0 Å². The highest BCUT2D eigenvalue weighted by Gasteiger charge is 2.23. The van der Waals surface area contributed by atoms with Gasteiger partial charge in [-0.15, -0.1) is 0 Å². The third-order valence-electron chi connectivity index (χ3n) is 6.33. The van der Waals surface area contributed by atoms with Crippen LogP contribution in [0.1, 0.15) is 0 Å². The molecule has 0 aliphatic rings. The van der Waals surface area contributed by atoms with Crippen molar-refractivity contribution in [2.45, 2.75) is 0 Å². The highest BCUT2D eigenvalue weighted by Crippen LogP contribution is 2.38. The molecule has 1 heterocycles. The van der Waals surface area contributed by atoms with Gasteiger partial charge in [0.1, 0.15) is 11.4 Å². The molecule has 0 fully saturated rings. The Bertz CT molecular complexity index is 1760. The summed E-state index contributed by atoms with van der Waals surface area (Å²) in [5, 5.41) is 20.6. The predicted molar refractivity (Wildman–Crippen MR) is 136 cm³/mol. The van der Waals surface area contributed by atoms with Crippen molar-refractivity contribution in [1.82, 2.24) is 15.1 Å². The van der Waals surface area contributed by atoms with E-state index in [0.29, 0.717) is 5.95 Å². The molecule has 0 aliphatic heterocycles. The topological polar surface area (TPSA) is 46.6 Å². The number of benzene rings is 6. The van der Waals surface area contributed by atoms with Gasteiger partial charge in [-0.05, 0) is 56.7 Å². The Morgan fingerprint density at radius 1 is 0.588 bits per heavy atom. The number of hydrogen-bond donors (Lipinski definition) is 1.